The van der Waals surface area contributed by atoms with Gasteiger partial charge >= 0.3 is 0 Å². The van der Waals surface area contributed by atoms with E-state index in [1.54, 1.807) is 0 Å². The van der Waals surface area contributed by atoms with E-state index in [2.05, 4.69) is 46.6 Å². The fraction of sp³-hybridized carbons (Fsp3) is 0.333. The van der Waals surface area contributed by atoms with Gasteiger partial charge in [-0.25, -0.2) is 0 Å². The third-order valence-electron chi connectivity index (χ3n) is 2.92. The van der Waals surface area contributed by atoms with Crippen molar-refractivity contribution in [3.63, 3.8) is 0 Å². The lowest BCUT2D eigenvalue weighted by atomic mass is 10.2. The molecule has 6 heteroatoms. The summed E-state index contributed by atoms with van der Waals surface area (Å²) in [6.07, 6.45) is 2.37. The van der Waals surface area contributed by atoms with Crippen LogP contribution in [0.15, 0.2) is 27.1 Å². The van der Waals surface area contributed by atoms with Gasteiger partial charge in [0.15, 0.2) is 5.82 Å². The molecule has 0 unspecified atom stereocenters. The van der Waals surface area contributed by atoms with Gasteiger partial charge in [0, 0.05) is 20.6 Å². The summed E-state index contributed by atoms with van der Waals surface area (Å²) in [6.45, 7) is 0. The lowest BCUT2D eigenvalue weighted by Gasteiger charge is -2.08. The lowest BCUT2D eigenvalue weighted by Crippen LogP contribution is -2.01. The van der Waals surface area contributed by atoms with Crippen LogP contribution >= 0.6 is 43.5 Å². The van der Waals surface area contributed by atoms with Crippen molar-refractivity contribution < 1.29 is 0 Å². The summed E-state index contributed by atoms with van der Waals surface area (Å²) in [7, 11) is 0. The number of aromatic nitrogens is 3. The Bertz CT molecular complexity index is 573. The van der Waals surface area contributed by atoms with Gasteiger partial charge in [-0.3, -0.25) is 0 Å². The van der Waals surface area contributed by atoms with Crippen molar-refractivity contribution in [2.24, 2.45) is 0 Å². The van der Waals surface area contributed by atoms with E-state index in [0.717, 1.165) is 26.2 Å². The van der Waals surface area contributed by atoms with Crippen LogP contribution in [0.25, 0.3) is 11.4 Å². The summed E-state index contributed by atoms with van der Waals surface area (Å²) in [5.41, 5.74) is 1.05. The predicted octanol–water partition coefficient (Wildman–Crippen LogP) is 4.54. The van der Waals surface area contributed by atoms with E-state index in [1.807, 2.05) is 18.2 Å². The van der Waals surface area contributed by atoms with E-state index < -0.39 is 0 Å². The van der Waals surface area contributed by atoms with Gasteiger partial charge < -0.3 is 4.57 Å². The monoisotopic (exact) mass is 389 g/mol. The van der Waals surface area contributed by atoms with Crippen LogP contribution in [0.5, 0.6) is 0 Å². The Hall–Kier alpha value is -0.390. The molecule has 0 N–H and O–H groups in total. The number of benzene rings is 1. The molecule has 18 heavy (non-hydrogen) atoms. The van der Waals surface area contributed by atoms with Crippen molar-refractivity contribution in [2.75, 3.05) is 0 Å². The first kappa shape index (κ1) is 12.6. The average molecular weight is 391 g/mol. The van der Waals surface area contributed by atoms with Crippen LogP contribution < -0.4 is 0 Å². The highest BCUT2D eigenvalue weighted by molar-refractivity contribution is 9.11. The Morgan fingerprint density at radius 2 is 1.83 bits per heavy atom. The molecule has 0 spiro atoms. The molecule has 3 nitrogen and oxygen atoms in total. The maximum atomic E-state index is 5.93. The van der Waals surface area contributed by atoms with E-state index >= 15 is 0 Å². The average Bonchev–Trinajstić information content (AvgIpc) is 3.07. The van der Waals surface area contributed by atoms with Gasteiger partial charge in [0.25, 0.3) is 0 Å². The standard InChI is InChI=1S/C12H10Br2ClN3/c13-8-3-7(4-9(14)5-8)12-17-16-11(6-15)18(12)10-1-2-10/h3-5,10H,1-2,6H2. The summed E-state index contributed by atoms with van der Waals surface area (Å²) in [4.78, 5) is 0. The Kier molecular flexibility index (Phi) is 3.47. The second kappa shape index (κ2) is 4.94. The molecule has 0 atom stereocenters. The molecule has 0 saturated heterocycles. The smallest absolute Gasteiger partial charge is 0.164 e. The molecule has 1 aromatic heterocycles. The first-order valence-corrected chi connectivity index (χ1v) is 7.77. The zero-order valence-corrected chi connectivity index (χ0v) is 13.3. The second-order valence-corrected chi connectivity index (χ2v) is 6.43. The van der Waals surface area contributed by atoms with Gasteiger partial charge in [0.1, 0.15) is 5.82 Å². The summed E-state index contributed by atoms with van der Waals surface area (Å²) < 4.78 is 4.20. The predicted molar refractivity (Wildman–Crippen MR) is 78.7 cm³/mol. The molecule has 1 saturated carbocycles. The third-order valence-corrected chi connectivity index (χ3v) is 4.07. The van der Waals surface area contributed by atoms with Gasteiger partial charge in [-0.2, -0.15) is 0 Å². The molecule has 1 aliphatic carbocycles. The topological polar surface area (TPSA) is 30.7 Å². The van der Waals surface area contributed by atoms with Crippen molar-refractivity contribution in [3.05, 3.63) is 33.0 Å². The van der Waals surface area contributed by atoms with Crippen LogP contribution in [0, 0.1) is 0 Å². The summed E-state index contributed by atoms with van der Waals surface area (Å²) in [5, 5.41) is 8.47. The lowest BCUT2D eigenvalue weighted by molar-refractivity contribution is 0.712. The van der Waals surface area contributed by atoms with E-state index in [-0.39, 0.29) is 0 Å². The van der Waals surface area contributed by atoms with Crippen LogP contribution in [0.1, 0.15) is 24.7 Å². The van der Waals surface area contributed by atoms with Crippen molar-refractivity contribution in [2.45, 2.75) is 24.8 Å². The van der Waals surface area contributed by atoms with E-state index in [1.165, 1.54) is 12.8 Å². The summed E-state index contributed by atoms with van der Waals surface area (Å²) >= 11 is 12.9. The highest BCUT2D eigenvalue weighted by atomic mass is 79.9. The SMILES string of the molecule is ClCc1nnc(-c2cc(Br)cc(Br)c2)n1C1CC1. The molecule has 1 aliphatic rings. The Balaban J connectivity index is 2.13. The van der Waals surface area contributed by atoms with Crippen LogP contribution in [0.3, 0.4) is 0 Å². The molecule has 1 fully saturated rings. The molecule has 94 valence electrons. The van der Waals surface area contributed by atoms with Crippen LogP contribution in [-0.4, -0.2) is 14.8 Å². The molecular weight excluding hydrogens is 381 g/mol. The maximum Gasteiger partial charge on any atom is 0.164 e. The van der Waals surface area contributed by atoms with Gasteiger partial charge in [-0.05, 0) is 31.0 Å². The van der Waals surface area contributed by atoms with Gasteiger partial charge in [-0.15, -0.1) is 21.8 Å². The minimum atomic E-state index is 0.401. The minimum Gasteiger partial charge on any atom is -0.307 e. The zero-order valence-electron chi connectivity index (χ0n) is 9.41. The number of nitrogens with zero attached hydrogens (tertiary/aromatic N) is 3. The largest absolute Gasteiger partial charge is 0.307 e. The summed E-state index contributed by atoms with van der Waals surface area (Å²) in [6, 6.07) is 6.61. The molecule has 3 rings (SSSR count). The number of alkyl halides is 1. The van der Waals surface area contributed by atoms with Crippen molar-refractivity contribution in [1.29, 1.82) is 0 Å². The van der Waals surface area contributed by atoms with Crippen LogP contribution in [0.4, 0.5) is 0 Å². The Morgan fingerprint density at radius 1 is 1.17 bits per heavy atom. The second-order valence-electron chi connectivity index (χ2n) is 4.33. The number of hydrogen-bond acceptors (Lipinski definition) is 2. The van der Waals surface area contributed by atoms with E-state index in [0.29, 0.717) is 11.9 Å². The molecule has 1 aromatic carbocycles. The Morgan fingerprint density at radius 3 is 2.39 bits per heavy atom. The van der Waals surface area contributed by atoms with Crippen LogP contribution in [-0.2, 0) is 5.88 Å². The first-order valence-electron chi connectivity index (χ1n) is 5.65. The van der Waals surface area contributed by atoms with Gasteiger partial charge in [0.05, 0.1) is 5.88 Å². The fourth-order valence-electron chi connectivity index (χ4n) is 2.01. The molecule has 0 amide bonds. The van der Waals surface area contributed by atoms with Crippen molar-refractivity contribution in [3.8, 4) is 11.4 Å². The zero-order chi connectivity index (χ0) is 12.7. The molecule has 2 aromatic rings. The van der Waals surface area contributed by atoms with Crippen molar-refractivity contribution >= 4 is 43.5 Å². The first-order chi connectivity index (χ1) is 8.69. The van der Waals surface area contributed by atoms with Crippen LogP contribution in [0.2, 0.25) is 0 Å². The normalized spacial score (nSPS) is 15.1. The van der Waals surface area contributed by atoms with Gasteiger partial charge in [-0.1, -0.05) is 31.9 Å². The number of rotatable bonds is 3. The third kappa shape index (κ3) is 2.36. The summed E-state index contributed by atoms with van der Waals surface area (Å²) in [5.74, 6) is 2.15. The molecule has 0 radical (unpaired) electrons. The number of hydrogen-bond donors (Lipinski definition) is 0. The molecule has 1 heterocycles. The Labute approximate surface area is 127 Å². The maximum absolute atomic E-state index is 5.93. The molecule has 0 aliphatic heterocycles. The fourth-order valence-corrected chi connectivity index (χ4v) is 3.49. The molecule has 0 bridgehead atoms. The van der Waals surface area contributed by atoms with E-state index in [9.17, 15) is 0 Å². The minimum absolute atomic E-state index is 0.401. The van der Waals surface area contributed by atoms with Gasteiger partial charge in [0.2, 0.25) is 0 Å². The van der Waals surface area contributed by atoms with Crippen molar-refractivity contribution in [1.82, 2.24) is 14.8 Å². The van der Waals surface area contributed by atoms with E-state index in [4.69, 9.17) is 11.6 Å². The number of halogens is 3. The molecular formula is C12H10Br2ClN3. The highest BCUT2D eigenvalue weighted by Crippen LogP contribution is 2.39. The quantitative estimate of drug-likeness (QED) is 0.719. The highest BCUT2D eigenvalue weighted by Gasteiger charge is 2.29.